The monoisotopic (exact) mass is 377 g/mol. The molecule has 0 heterocycles. The second-order valence-electron chi connectivity index (χ2n) is 6.39. The predicted octanol–water partition coefficient (Wildman–Crippen LogP) is 3.95. The van der Waals surface area contributed by atoms with Crippen LogP contribution in [0.3, 0.4) is 0 Å². The quantitative estimate of drug-likeness (QED) is 0.760. The molecule has 1 unspecified atom stereocenters. The van der Waals surface area contributed by atoms with Crippen molar-refractivity contribution in [2.24, 2.45) is 0 Å². The van der Waals surface area contributed by atoms with Crippen LogP contribution in [0.25, 0.3) is 0 Å². The molecule has 0 saturated carbocycles. The van der Waals surface area contributed by atoms with Crippen molar-refractivity contribution >= 4 is 12.1 Å². The molecule has 0 radical (unpaired) electrons. The Bertz CT molecular complexity index is 658. The highest BCUT2D eigenvalue weighted by atomic mass is 19.3. The van der Waals surface area contributed by atoms with Crippen LogP contribution in [0, 0.1) is 5.82 Å². The number of carbonyl (C=O) groups excluding carboxylic acids is 2. The fraction of sp³-hybridized carbons (Fsp3) is 0.529. The number of amides is 1. The summed E-state index contributed by atoms with van der Waals surface area (Å²) in [6.45, 7) is 7.47. The van der Waals surface area contributed by atoms with Gasteiger partial charge in [-0.05, 0) is 52.8 Å². The lowest BCUT2D eigenvalue weighted by atomic mass is 10.1. The molecule has 146 valence electrons. The molecule has 9 heteroatoms. The van der Waals surface area contributed by atoms with Crippen molar-refractivity contribution in [3.8, 4) is 5.75 Å². The van der Waals surface area contributed by atoms with Gasteiger partial charge in [0.2, 0.25) is 0 Å². The Labute approximate surface area is 149 Å². The van der Waals surface area contributed by atoms with Crippen molar-refractivity contribution in [2.75, 3.05) is 6.61 Å². The van der Waals surface area contributed by atoms with Crippen LogP contribution in [0.1, 0.15) is 46.2 Å². The first-order valence-corrected chi connectivity index (χ1v) is 7.88. The van der Waals surface area contributed by atoms with Crippen molar-refractivity contribution in [1.82, 2.24) is 5.32 Å². The van der Waals surface area contributed by atoms with Gasteiger partial charge in [0.1, 0.15) is 17.2 Å². The van der Waals surface area contributed by atoms with Crippen molar-refractivity contribution < 1.29 is 37.0 Å². The lowest BCUT2D eigenvalue weighted by Gasteiger charge is -2.24. The summed E-state index contributed by atoms with van der Waals surface area (Å²) >= 11 is 0. The highest BCUT2D eigenvalue weighted by molar-refractivity contribution is 5.76. The van der Waals surface area contributed by atoms with E-state index in [1.165, 1.54) is 13.8 Å². The minimum absolute atomic E-state index is 0.0974. The van der Waals surface area contributed by atoms with E-state index >= 15 is 0 Å². The van der Waals surface area contributed by atoms with Crippen LogP contribution in [0.5, 0.6) is 5.75 Å². The number of alkyl carbamates (subject to hydrolysis) is 1. The summed E-state index contributed by atoms with van der Waals surface area (Å²) in [7, 11) is 0. The average molecular weight is 377 g/mol. The zero-order chi connectivity index (χ0) is 20.1. The minimum Gasteiger partial charge on any atom is -0.459 e. The fourth-order valence-corrected chi connectivity index (χ4v) is 1.91. The highest BCUT2D eigenvalue weighted by Gasteiger charge is 2.45. The van der Waals surface area contributed by atoms with E-state index in [9.17, 15) is 22.8 Å². The molecule has 1 amide bonds. The molecule has 1 N–H and O–H groups in total. The second kappa shape index (κ2) is 8.29. The SMILES string of the molecule is CCOC(=O)C(F)(F)Oc1ccc(F)cc1C(C)NC(=O)OC(C)(C)C. The van der Waals surface area contributed by atoms with Gasteiger partial charge in [-0.25, -0.2) is 14.0 Å². The molecular formula is C17H22F3NO5. The molecule has 0 fully saturated rings. The van der Waals surface area contributed by atoms with Crippen LogP contribution in [-0.2, 0) is 14.3 Å². The van der Waals surface area contributed by atoms with Gasteiger partial charge in [-0.2, -0.15) is 8.78 Å². The molecule has 6 nitrogen and oxygen atoms in total. The van der Waals surface area contributed by atoms with Gasteiger partial charge in [0.25, 0.3) is 0 Å². The van der Waals surface area contributed by atoms with E-state index < -0.39 is 41.4 Å². The maximum atomic E-state index is 13.8. The number of benzene rings is 1. The summed E-state index contributed by atoms with van der Waals surface area (Å²) < 4.78 is 54.9. The zero-order valence-corrected chi connectivity index (χ0v) is 15.2. The number of alkyl halides is 2. The Kier molecular flexibility index (Phi) is 6.88. The summed E-state index contributed by atoms with van der Waals surface area (Å²) in [5.41, 5.74) is -0.873. The summed E-state index contributed by atoms with van der Waals surface area (Å²) in [6.07, 6.45) is -5.09. The maximum absolute atomic E-state index is 13.8. The third kappa shape index (κ3) is 6.45. The van der Waals surface area contributed by atoms with Gasteiger partial charge in [0.05, 0.1) is 12.6 Å². The lowest BCUT2D eigenvalue weighted by molar-refractivity contribution is -0.216. The topological polar surface area (TPSA) is 73.9 Å². The zero-order valence-electron chi connectivity index (χ0n) is 15.2. The van der Waals surface area contributed by atoms with Crippen LogP contribution < -0.4 is 10.1 Å². The Hall–Kier alpha value is -2.45. The summed E-state index contributed by atoms with van der Waals surface area (Å²) in [6, 6.07) is 1.80. The molecule has 1 aromatic carbocycles. The van der Waals surface area contributed by atoms with Gasteiger partial charge in [-0.3, -0.25) is 0 Å². The van der Waals surface area contributed by atoms with Crippen molar-refractivity contribution in [3.05, 3.63) is 29.6 Å². The standard InChI is InChI=1S/C17H22F3NO5/c1-6-24-14(22)17(19,20)25-13-8-7-11(18)9-12(13)10(2)21-15(23)26-16(3,4)5/h7-10H,6H2,1-5H3,(H,21,23). The number of esters is 1. The Morgan fingerprint density at radius 2 is 1.85 bits per heavy atom. The van der Waals surface area contributed by atoms with E-state index in [1.54, 1.807) is 20.8 Å². The van der Waals surface area contributed by atoms with Gasteiger partial charge in [0.15, 0.2) is 0 Å². The maximum Gasteiger partial charge on any atom is 0.502 e. The van der Waals surface area contributed by atoms with Crippen molar-refractivity contribution in [1.29, 1.82) is 0 Å². The first-order chi connectivity index (χ1) is 11.9. The van der Waals surface area contributed by atoms with Gasteiger partial charge in [-0.1, -0.05) is 0 Å². The first kappa shape index (κ1) is 21.6. The Morgan fingerprint density at radius 1 is 1.23 bits per heavy atom. The molecule has 0 aliphatic heterocycles. The molecule has 1 aromatic rings. The lowest BCUT2D eigenvalue weighted by Crippen LogP contribution is -2.38. The van der Waals surface area contributed by atoms with E-state index in [-0.39, 0.29) is 12.2 Å². The molecule has 1 rings (SSSR count). The van der Waals surface area contributed by atoms with E-state index in [4.69, 9.17) is 4.74 Å². The number of hydrogen-bond donors (Lipinski definition) is 1. The number of halogens is 3. The molecule has 0 spiro atoms. The summed E-state index contributed by atoms with van der Waals surface area (Å²) in [5.74, 6) is -3.08. The summed E-state index contributed by atoms with van der Waals surface area (Å²) in [5, 5.41) is 2.39. The van der Waals surface area contributed by atoms with Crippen LogP contribution in [0.2, 0.25) is 0 Å². The molecule has 0 bridgehead atoms. The molecule has 0 aromatic heterocycles. The third-order valence-corrected chi connectivity index (χ3v) is 2.92. The highest BCUT2D eigenvalue weighted by Crippen LogP contribution is 2.31. The van der Waals surface area contributed by atoms with Gasteiger partial charge in [0, 0.05) is 5.56 Å². The minimum atomic E-state index is -4.27. The molecular weight excluding hydrogens is 355 g/mol. The van der Waals surface area contributed by atoms with Crippen molar-refractivity contribution in [2.45, 2.75) is 52.4 Å². The van der Waals surface area contributed by atoms with E-state index in [2.05, 4.69) is 14.8 Å². The number of carbonyl (C=O) groups is 2. The average Bonchev–Trinajstić information content (AvgIpc) is 2.47. The Balaban J connectivity index is 3.03. The number of nitrogens with one attached hydrogen (secondary N) is 1. The molecule has 0 aliphatic carbocycles. The summed E-state index contributed by atoms with van der Waals surface area (Å²) in [4.78, 5) is 23.1. The molecule has 0 aliphatic rings. The Morgan fingerprint density at radius 3 is 2.38 bits per heavy atom. The van der Waals surface area contributed by atoms with Gasteiger partial charge >= 0.3 is 18.2 Å². The van der Waals surface area contributed by atoms with Crippen LogP contribution >= 0.6 is 0 Å². The first-order valence-electron chi connectivity index (χ1n) is 7.88. The number of ether oxygens (including phenoxy) is 3. The van der Waals surface area contributed by atoms with E-state index in [0.717, 1.165) is 18.2 Å². The van der Waals surface area contributed by atoms with Crippen LogP contribution in [0.4, 0.5) is 18.0 Å². The molecule has 26 heavy (non-hydrogen) atoms. The smallest absolute Gasteiger partial charge is 0.459 e. The van der Waals surface area contributed by atoms with Crippen LogP contribution in [-0.4, -0.2) is 30.4 Å². The largest absolute Gasteiger partial charge is 0.502 e. The molecule has 0 saturated heterocycles. The van der Waals surface area contributed by atoms with Crippen LogP contribution in [0.15, 0.2) is 18.2 Å². The van der Waals surface area contributed by atoms with E-state index in [0.29, 0.717) is 0 Å². The molecule has 1 atom stereocenters. The fourth-order valence-electron chi connectivity index (χ4n) is 1.91. The predicted molar refractivity (Wildman–Crippen MR) is 86.4 cm³/mol. The third-order valence-electron chi connectivity index (χ3n) is 2.92. The van der Waals surface area contributed by atoms with Gasteiger partial charge < -0.3 is 19.5 Å². The second-order valence-corrected chi connectivity index (χ2v) is 6.39. The number of hydrogen-bond acceptors (Lipinski definition) is 5. The van der Waals surface area contributed by atoms with Gasteiger partial charge in [-0.15, -0.1) is 0 Å². The van der Waals surface area contributed by atoms with E-state index in [1.807, 2.05) is 0 Å². The van der Waals surface area contributed by atoms with Crippen molar-refractivity contribution in [3.63, 3.8) is 0 Å². The number of rotatable bonds is 6. The normalized spacial score (nSPS) is 12.9.